The maximum absolute atomic E-state index is 9.73. The van der Waals surface area contributed by atoms with E-state index in [4.69, 9.17) is 0 Å². The van der Waals surface area contributed by atoms with Gasteiger partial charge in [-0.1, -0.05) is 18.2 Å². The first-order valence-electron chi connectivity index (χ1n) is 4.98. The van der Waals surface area contributed by atoms with Crippen LogP contribution in [0.4, 0.5) is 0 Å². The molecule has 1 aliphatic rings. The highest BCUT2D eigenvalue weighted by atomic mass is 16.3. The Morgan fingerprint density at radius 2 is 2.21 bits per heavy atom. The lowest BCUT2D eigenvalue weighted by molar-refractivity contribution is 0.199. The van der Waals surface area contributed by atoms with Gasteiger partial charge in [0.2, 0.25) is 0 Å². The molecule has 3 heteroatoms. The molecule has 14 heavy (non-hydrogen) atoms. The summed E-state index contributed by atoms with van der Waals surface area (Å²) in [6.45, 7) is 2.97. The van der Waals surface area contributed by atoms with E-state index in [1.807, 2.05) is 18.2 Å². The number of para-hydroxylation sites is 1. The molecule has 0 radical (unpaired) electrons. The van der Waals surface area contributed by atoms with Crippen molar-refractivity contribution in [2.45, 2.75) is 6.04 Å². The number of phenolic OH excluding ortho intramolecular Hbond substituents is 1. The first-order valence-corrected chi connectivity index (χ1v) is 4.98. The van der Waals surface area contributed by atoms with Gasteiger partial charge in [-0.05, 0) is 13.1 Å². The number of nitrogens with one attached hydrogen (secondary N) is 1. The fourth-order valence-electron chi connectivity index (χ4n) is 1.92. The third-order valence-electron chi connectivity index (χ3n) is 2.81. The molecular formula is C11H16N2O. The second kappa shape index (κ2) is 3.98. The molecule has 1 heterocycles. The van der Waals surface area contributed by atoms with Crippen molar-refractivity contribution in [3.8, 4) is 5.75 Å². The normalized spacial score (nSPS) is 23.6. The zero-order valence-corrected chi connectivity index (χ0v) is 8.40. The van der Waals surface area contributed by atoms with Crippen LogP contribution in [0.1, 0.15) is 11.6 Å². The Morgan fingerprint density at radius 1 is 1.43 bits per heavy atom. The van der Waals surface area contributed by atoms with Crippen LogP contribution in [0.15, 0.2) is 24.3 Å². The predicted octanol–water partition coefficient (Wildman–Crippen LogP) is 0.968. The summed E-state index contributed by atoms with van der Waals surface area (Å²) in [5.41, 5.74) is 1.02. The number of likely N-dealkylation sites (N-methyl/N-ethyl adjacent to an activating group) is 1. The van der Waals surface area contributed by atoms with Gasteiger partial charge in [-0.15, -0.1) is 0 Å². The molecular weight excluding hydrogens is 176 g/mol. The fraction of sp³-hybridized carbons (Fsp3) is 0.455. The third kappa shape index (κ3) is 1.74. The van der Waals surface area contributed by atoms with Crippen LogP contribution in [0.5, 0.6) is 5.75 Å². The average molecular weight is 192 g/mol. The lowest BCUT2D eigenvalue weighted by Crippen LogP contribution is -2.43. The summed E-state index contributed by atoms with van der Waals surface area (Å²) in [5.74, 6) is 0.396. The molecule has 1 aromatic carbocycles. The number of rotatable bonds is 1. The van der Waals surface area contributed by atoms with Gasteiger partial charge in [-0.3, -0.25) is 4.90 Å². The van der Waals surface area contributed by atoms with Crippen molar-refractivity contribution >= 4 is 0 Å². The van der Waals surface area contributed by atoms with Crippen LogP contribution in [0, 0.1) is 0 Å². The van der Waals surface area contributed by atoms with Gasteiger partial charge in [0, 0.05) is 25.2 Å². The summed E-state index contributed by atoms with van der Waals surface area (Å²) in [4.78, 5) is 2.27. The first kappa shape index (κ1) is 9.49. The van der Waals surface area contributed by atoms with Gasteiger partial charge in [0.25, 0.3) is 0 Å². The summed E-state index contributed by atoms with van der Waals surface area (Å²) in [5, 5.41) is 13.1. The van der Waals surface area contributed by atoms with E-state index in [0.717, 1.165) is 25.2 Å². The van der Waals surface area contributed by atoms with Gasteiger partial charge in [0.15, 0.2) is 0 Å². The predicted molar refractivity (Wildman–Crippen MR) is 56.3 cm³/mol. The standard InChI is InChI=1S/C11H16N2O/c1-13-7-6-12-8-10(13)9-4-2-3-5-11(9)14/h2-5,10,12,14H,6-8H2,1H3. The molecule has 0 aliphatic carbocycles. The van der Waals surface area contributed by atoms with Crippen molar-refractivity contribution in [3.63, 3.8) is 0 Å². The molecule has 2 rings (SSSR count). The first-order chi connectivity index (χ1) is 6.79. The van der Waals surface area contributed by atoms with E-state index in [0.29, 0.717) is 11.8 Å². The molecule has 1 fully saturated rings. The van der Waals surface area contributed by atoms with Crippen molar-refractivity contribution in [1.29, 1.82) is 0 Å². The van der Waals surface area contributed by atoms with Crippen molar-refractivity contribution in [1.82, 2.24) is 10.2 Å². The monoisotopic (exact) mass is 192 g/mol. The molecule has 1 aliphatic heterocycles. The summed E-state index contributed by atoms with van der Waals surface area (Å²) in [7, 11) is 2.10. The summed E-state index contributed by atoms with van der Waals surface area (Å²) >= 11 is 0. The Balaban J connectivity index is 2.25. The van der Waals surface area contributed by atoms with E-state index >= 15 is 0 Å². The maximum Gasteiger partial charge on any atom is 0.120 e. The molecule has 1 saturated heterocycles. The SMILES string of the molecule is CN1CCNCC1c1ccccc1O. The molecule has 0 amide bonds. The molecule has 1 aromatic rings. The van der Waals surface area contributed by atoms with Gasteiger partial charge in [0.1, 0.15) is 5.75 Å². The molecule has 2 N–H and O–H groups in total. The molecule has 0 aromatic heterocycles. The van der Waals surface area contributed by atoms with Gasteiger partial charge < -0.3 is 10.4 Å². The van der Waals surface area contributed by atoms with Gasteiger partial charge in [-0.2, -0.15) is 0 Å². The van der Waals surface area contributed by atoms with E-state index in [1.54, 1.807) is 6.07 Å². The second-order valence-corrected chi connectivity index (χ2v) is 3.76. The van der Waals surface area contributed by atoms with E-state index in [9.17, 15) is 5.11 Å². The molecule has 0 saturated carbocycles. The quantitative estimate of drug-likeness (QED) is 0.696. The Morgan fingerprint density at radius 3 is 2.93 bits per heavy atom. The second-order valence-electron chi connectivity index (χ2n) is 3.76. The van der Waals surface area contributed by atoms with E-state index in [2.05, 4.69) is 17.3 Å². The van der Waals surface area contributed by atoms with Crippen LogP contribution >= 0.6 is 0 Å². The van der Waals surface area contributed by atoms with Crippen molar-refractivity contribution in [2.75, 3.05) is 26.7 Å². The molecule has 0 spiro atoms. The highest BCUT2D eigenvalue weighted by molar-refractivity contribution is 5.35. The van der Waals surface area contributed by atoms with Crippen LogP contribution < -0.4 is 5.32 Å². The highest BCUT2D eigenvalue weighted by Gasteiger charge is 2.22. The Hall–Kier alpha value is -1.06. The van der Waals surface area contributed by atoms with E-state index in [-0.39, 0.29) is 0 Å². The van der Waals surface area contributed by atoms with Crippen LogP contribution in [0.25, 0.3) is 0 Å². The maximum atomic E-state index is 9.73. The number of nitrogens with zero attached hydrogens (tertiary/aromatic N) is 1. The molecule has 1 unspecified atom stereocenters. The zero-order valence-electron chi connectivity index (χ0n) is 8.40. The fourth-order valence-corrected chi connectivity index (χ4v) is 1.92. The Bertz CT molecular complexity index is 314. The van der Waals surface area contributed by atoms with Gasteiger partial charge in [0.05, 0.1) is 6.04 Å². The van der Waals surface area contributed by atoms with Gasteiger partial charge in [-0.25, -0.2) is 0 Å². The highest BCUT2D eigenvalue weighted by Crippen LogP contribution is 2.27. The largest absolute Gasteiger partial charge is 0.508 e. The summed E-state index contributed by atoms with van der Waals surface area (Å²) in [6, 6.07) is 7.86. The molecule has 1 atom stereocenters. The van der Waals surface area contributed by atoms with Crippen molar-refractivity contribution < 1.29 is 5.11 Å². The third-order valence-corrected chi connectivity index (χ3v) is 2.81. The topological polar surface area (TPSA) is 35.5 Å². The number of aromatic hydroxyl groups is 1. The van der Waals surface area contributed by atoms with Crippen LogP contribution in [-0.4, -0.2) is 36.7 Å². The number of phenols is 1. The van der Waals surface area contributed by atoms with Crippen LogP contribution in [-0.2, 0) is 0 Å². The molecule has 76 valence electrons. The van der Waals surface area contributed by atoms with Crippen LogP contribution in [0.2, 0.25) is 0 Å². The van der Waals surface area contributed by atoms with Crippen LogP contribution in [0.3, 0.4) is 0 Å². The number of hydrogen-bond acceptors (Lipinski definition) is 3. The molecule has 0 bridgehead atoms. The summed E-state index contributed by atoms with van der Waals surface area (Å²) < 4.78 is 0. The average Bonchev–Trinajstić information content (AvgIpc) is 2.20. The number of benzene rings is 1. The van der Waals surface area contributed by atoms with Gasteiger partial charge >= 0.3 is 0 Å². The Kier molecular flexibility index (Phi) is 2.70. The van der Waals surface area contributed by atoms with E-state index < -0.39 is 0 Å². The lowest BCUT2D eigenvalue weighted by atomic mass is 10.0. The summed E-state index contributed by atoms with van der Waals surface area (Å²) in [6.07, 6.45) is 0. The minimum absolute atomic E-state index is 0.296. The smallest absolute Gasteiger partial charge is 0.120 e. The van der Waals surface area contributed by atoms with E-state index in [1.165, 1.54) is 0 Å². The number of piperazine rings is 1. The minimum Gasteiger partial charge on any atom is -0.508 e. The lowest BCUT2D eigenvalue weighted by Gasteiger charge is -2.33. The van der Waals surface area contributed by atoms with Crippen molar-refractivity contribution in [3.05, 3.63) is 29.8 Å². The zero-order chi connectivity index (χ0) is 9.97. The number of hydrogen-bond donors (Lipinski definition) is 2. The van der Waals surface area contributed by atoms with Crippen molar-refractivity contribution in [2.24, 2.45) is 0 Å². The minimum atomic E-state index is 0.296. The molecule has 3 nitrogen and oxygen atoms in total. The Labute approximate surface area is 84.4 Å².